The lowest BCUT2D eigenvalue weighted by Crippen LogP contribution is -2.23. The van der Waals surface area contributed by atoms with E-state index in [4.69, 9.17) is 9.68 Å². The molecule has 0 saturated carbocycles. The van der Waals surface area contributed by atoms with Gasteiger partial charge in [0, 0.05) is 13.0 Å². The highest BCUT2D eigenvalue weighted by Crippen LogP contribution is 2.05. The van der Waals surface area contributed by atoms with Crippen molar-refractivity contribution < 1.29 is 9.21 Å². The SMILES string of the molecule is Cc1ccc(C(=O)NCCCC#N)o1. The Bertz CT molecular complexity index is 349. The number of amides is 1. The highest BCUT2D eigenvalue weighted by Gasteiger charge is 2.07. The molecule has 1 aromatic rings. The zero-order valence-corrected chi connectivity index (χ0v) is 8.04. The van der Waals surface area contributed by atoms with Crippen molar-refractivity contribution in [1.82, 2.24) is 5.32 Å². The van der Waals surface area contributed by atoms with Crippen LogP contribution in [-0.2, 0) is 0 Å². The van der Waals surface area contributed by atoms with Crippen molar-refractivity contribution in [3.8, 4) is 6.07 Å². The summed E-state index contributed by atoms with van der Waals surface area (Å²) in [6, 6.07) is 5.38. The Hall–Kier alpha value is -1.76. The molecule has 0 spiro atoms. The second-order valence-electron chi connectivity index (χ2n) is 2.93. The summed E-state index contributed by atoms with van der Waals surface area (Å²) in [6.07, 6.45) is 1.12. The van der Waals surface area contributed by atoms with Gasteiger partial charge < -0.3 is 9.73 Å². The molecular weight excluding hydrogens is 180 g/mol. The number of nitrogens with zero attached hydrogens (tertiary/aromatic N) is 1. The van der Waals surface area contributed by atoms with Crippen LogP contribution in [0.2, 0.25) is 0 Å². The van der Waals surface area contributed by atoms with Gasteiger partial charge in [0.1, 0.15) is 5.76 Å². The first-order chi connectivity index (χ1) is 6.74. The molecule has 0 radical (unpaired) electrons. The molecule has 4 nitrogen and oxygen atoms in total. The summed E-state index contributed by atoms with van der Waals surface area (Å²) in [5.41, 5.74) is 0. The summed E-state index contributed by atoms with van der Waals surface area (Å²) in [6.45, 7) is 2.29. The second-order valence-corrected chi connectivity index (χ2v) is 2.93. The van der Waals surface area contributed by atoms with Crippen molar-refractivity contribution in [1.29, 1.82) is 5.26 Å². The number of carbonyl (C=O) groups excluding carboxylic acids is 1. The van der Waals surface area contributed by atoms with E-state index >= 15 is 0 Å². The average molecular weight is 192 g/mol. The maximum absolute atomic E-state index is 11.3. The molecule has 1 rings (SSSR count). The smallest absolute Gasteiger partial charge is 0.286 e. The quantitative estimate of drug-likeness (QED) is 0.737. The first-order valence-electron chi connectivity index (χ1n) is 4.45. The summed E-state index contributed by atoms with van der Waals surface area (Å²) in [7, 11) is 0. The van der Waals surface area contributed by atoms with Gasteiger partial charge in [-0.05, 0) is 25.5 Å². The minimum atomic E-state index is -0.226. The Morgan fingerprint density at radius 3 is 3.00 bits per heavy atom. The van der Waals surface area contributed by atoms with Crippen molar-refractivity contribution in [2.24, 2.45) is 0 Å². The van der Waals surface area contributed by atoms with E-state index in [-0.39, 0.29) is 5.91 Å². The zero-order chi connectivity index (χ0) is 10.4. The van der Waals surface area contributed by atoms with E-state index in [1.807, 2.05) is 6.07 Å². The number of nitrogens with one attached hydrogen (secondary N) is 1. The van der Waals surface area contributed by atoms with Crippen LogP contribution in [0.4, 0.5) is 0 Å². The fraction of sp³-hybridized carbons (Fsp3) is 0.400. The van der Waals surface area contributed by atoms with Gasteiger partial charge in [-0.25, -0.2) is 0 Å². The number of rotatable bonds is 4. The number of nitriles is 1. The first-order valence-corrected chi connectivity index (χ1v) is 4.45. The molecule has 1 N–H and O–H groups in total. The lowest BCUT2D eigenvalue weighted by molar-refractivity contribution is 0.0924. The van der Waals surface area contributed by atoms with Gasteiger partial charge in [0.2, 0.25) is 0 Å². The lowest BCUT2D eigenvalue weighted by atomic mass is 10.3. The molecular formula is C10H12N2O2. The van der Waals surface area contributed by atoms with Gasteiger partial charge in [0.05, 0.1) is 6.07 Å². The number of carbonyl (C=O) groups is 1. The minimum absolute atomic E-state index is 0.226. The Kier molecular flexibility index (Phi) is 3.74. The van der Waals surface area contributed by atoms with Gasteiger partial charge in [-0.3, -0.25) is 4.79 Å². The van der Waals surface area contributed by atoms with Crippen LogP contribution < -0.4 is 5.32 Å². The van der Waals surface area contributed by atoms with E-state index in [0.717, 1.165) is 0 Å². The van der Waals surface area contributed by atoms with E-state index in [2.05, 4.69) is 5.32 Å². The van der Waals surface area contributed by atoms with Gasteiger partial charge in [-0.2, -0.15) is 5.26 Å². The van der Waals surface area contributed by atoms with Crippen LogP contribution in [0.5, 0.6) is 0 Å². The molecule has 0 saturated heterocycles. The molecule has 0 fully saturated rings. The monoisotopic (exact) mass is 192 g/mol. The fourth-order valence-electron chi connectivity index (χ4n) is 1.01. The topological polar surface area (TPSA) is 66.0 Å². The molecule has 1 aromatic heterocycles. The number of hydrogen-bond donors (Lipinski definition) is 1. The van der Waals surface area contributed by atoms with Crippen LogP contribution in [0.15, 0.2) is 16.5 Å². The normalized spacial score (nSPS) is 9.43. The standard InChI is InChI=1S/C10H12N2O2/c1-8-4-5-9(14-8)10(13)12-7-3-2-6-11/h4-5H,2-3,7H2,1H3,(H,12,13). The van der Waals surface area contributed by atoms with Crippen LogP contribution >= 0.6 is 0 Å². The Balaban J connectivity index is 2.33. The number of unbranched alkanes of at least 4 members (excludes halogenated alkanes) is 1. The van der Waals surface area contributed by atoms with Gasteiger partial charge in [0.15, 0.2) is 5.76 Å². The third-order valence-corrected chi connectivity index (χ3v) is 1.72. The predicted molar refractivity (Wildman–Crippen MR) is 50.6 cm³/mol. The molecule has 0 aliphatic heterocycles. The highest BCUT2D eigenvalue weighted by atomic mass is 16.3. The predicted octanol–water partition coefficient (Wildman–Crippen LogP) is 1.62. The van der Waals surface area contributed by atoms with E-state index in [0.29, 0.717) is 30.9 Å². The van der Waals surface area contributed by atoms with Crippen LogP contribution in [-0.4, -0.2) is 12.5 Å². The Labute approximate surface area is 82.5 Å². The highest BCUT2D eigenvalue weighted by molar-refractivity contribution is 5.91. The van der Waals surface area contributed by atoms with Crippen molar-refractivity contribution in [2.75, 3.05) is 6.54 Å². The summed E-state index contributed by atoms with van der Waals surface area (Å²) in [5, 5.41) is 10.9. The van der Waals surface area contributed by atoms with Crippen molar-refractivity contribution in [2.45, 2.75) is 19.8 Å². The van der Waals surface area contributed by atoms with Crippen molar-refractivity contribution >= 4 is 5.91 Å². The van der Waals surface area contributed by atoms with E-state index < -0.39 is 0 Å². The molecule has 0 aromatic carbocycles. The Morgan fingerprint density at radius 1 is 1.64 bits per heavy atom. The third kappa shape index (κ3) is 2.94. The number of furan rings is 1. The summed E-state index contributed by atoms with van der Waals surface area (Å²) >= 11 is 0. The van der Waals surface area contributed by atoms with E-state index in [1.54, 1.807) is 19.1 Å². The molecule has 74 valence electrons. The summed E-state index contributed by atoms with van der Waals surface area (Å²) < 4.78 is 5.13. The maximum atomic E-state index is 11.3. The van der Waals surface area contributed by atoms with Gasteiger partial charge in [-0.15, -0.1) is 0 Å². The molecule has 0 atom stereocenters. The molecule has 14 heavy (non-hydrogen) atoms. The molecule has 0 unspecified atom stereocenters. The maximum Gasteiger partial charge on any atom is 0.286 e. The molecule has 0 aliphatic carbocycles. The van der Waals surface area contributed by atoms with Crippen LogP contribution in [0.1, 0.15) is 29.2 Å². The van der Waals surface area contributed by atoms with Crippen molar-refractivity contribution in [3.63, 3.8) is 0 Å². The molecule has 1 amide bonds. The first kappa shape index (κ1) is 10.3. The summed E-state index contributed by atoms with van der Waals surface area (Å²) in [5.74, 6) is 0.808. The lowest BCUT2D eigenvalue weighted by Gasteiger charge is -1.99. The van der Waals surface area contributed by atoms with Crippen LogP contribution in [0, 0.1) is 18.3 Å². The fourth-order valence-corrected chi connectivity index (χ4v) is 1.01. The molecule has 0 bridgehead atoms. The Morgan fingerprint density at radius 2 is 2.43 bits per heavy atom. The van der Waals surface area contributed by atoms with Gasteiger partial charge in [0.25, 0.3) is 5.91 Å². The molecule has 1 heterocycles. The van der Waals surface area contributed by atoms with Crippen LogP contribution in [0.25, 0.3) is 0 Å². The van der Waals surface area contributed by atoms with Gasteiger partial charge in [-0.1, -0.05) is 0 Å². The molecule has 0 aliphatic rings. The largest absolute Gasteiger partial charge is 0.456 e. The van der Waals surface area contributed by atoms with E-state index in [9.17, 15) is 4.79 Å². The number of hydrogen-bond acceptors (Lipinski definition) is 3. The average Bonchev–Trinajstić information content (AvgIpc) is 2.59. The van der Waals surface area contributed by atoms with E-state index in [1.165, 1.54) is 0 Å². The van der Waals surface area contributed by atoms with Gasteiger partial charge >= 0.3 is 0 Å². The zero-order valence-electron chi connectivity index (χ0n) is 8.04. The molecule has 4 heteroatoms. The summed E-state index contributed by atoms with van der Waals surface area (Å²) in [4.78, 5) is 11.3. The van der Waals surface area contributed by atoms with Crippen LogP contribution in [0.3, 0.4) is 0 Å². The van der Waals surface area contributed by atoms with Crippen molar-refractivity contribution in [3.05, 3.63) is 23.7 Å². The third-order valence-electron chi connectivity index (χ3n) is 1.72. The second kappa shape index (κ2) is 5.07. The number of aryl methyl sites for hydroxylation is 1. The minimum Gasteiger partial charge on any atom is -0.456 e.